The van der Waals surface area contributed by atoms with Crippen molar-refractivity contribution >= 4 is 17.8 Å². The summed E-state index contributed by atoms with van der Waals surface area (Å²) in [5.41, 5.74) is 0.371. The molecule has 110 valence electrons. The van der Waals surface area contributed by atoms with Gasteiger partial charge in [0, 0.05) is 20.1 Å². The molecule has 1 atom stereocenters. The van der Waals surface area contributed by atoms with Crippen LogP contribution in [0.25, 0.3) is 0 Å². The van der Waals surface area contributed by atoms with Crippen LogP contribution in [0.5, 0.6) is 0 Å². The highest BCUT2D eigenvalue weighted by molar-refractivity contribution is 5.94. The van der Waals surface area contributed by atoms with Crippen LogP contribution in [-0.4, -0.2) is 49.2 Å². The highest BCUT2D eigenvalue weighted by Gasteiger charge is 2.17. The number of carboxylic acid groups (broad SMARTS) is 1. The Balaban J connectivity index is 2.20. The van der Waals surface area contributed by atoms with E-state index in [0.717, 1.165) is 0 Å². The minimum atomic E-state index is -1.15. The number of amides is 2. The molecule has 1 aromatic rings. The third-order valence-corrected chi connectivity index (χ3v) is 2.47. The molecule has 0 saturated carbocycles. The first-order valence-corrected chi connectivity index (χ1v) is 5.87. The SMILES string of the molecule is COC(CNC(=O)CCNC(=O)c1ccoc1)C(=O)O. The molecule has 0 aliphatic carbocycles. The van der Waals surface area contributed by atoms with Crippen LogP contribution in [0.3, 0.4) is 0 Å². The van der Waals surface area contributed by atoms with E-state index in [9.17, 15) is 14.4 Å². The monoisotopic (exact) mass is 284 g/mol. The fourth-order valence-corrected chi connectivity index (χ4v) is 1.35. The number of ether oxygens (including phenoxy) is 1. The summed E-state index contributed by atoms with van der Waals surface area (Å²) in [5, 5.41) is 13.6. The zero-order chi connectivity index (χ0) is 15.0. The molecule has 0 fully saturated rings. The summed E-state index contributed by atoms with van der Waals surface area (Å²) in [5.74, 6) is -1.87. The molecule has 1 rings (SSSR count). The lowest BCUT2D eigenvalue weighted by atomic mass is 10.3. The molecule has 1 unspecified atom stereocenters. The lowest BCUT2D eigenvalue weighted by Crippen LogP contribution is -2.39. The molecule has 20 heavy (non-hydrogen) atoms. The molecule has 1 heterocycles. The van der Waals surface area contributed by atoms with Crippen molar-refractivity contribution in [1.29, 1.82) is 0 Å². The first-order chi connectivity index (χ1) is 9.54. The Morgan fingerprint density at radius 1 is 1.40 bits per heavy atom. The quantitative estimate of drug-likeness (QED) is 0.598. The number of aliphatic carboxylic acids is 1. The maximum Gasteiger partial charge on any atom is 0.334 e. The van der Waals surface area contributed by atoms with Gasteiger partial charge in [-0.1, -0.05) is 0 Å². The van der Waals surface area contributed by atoms with E-state index >= 15 is 0 Å². The van der Waals surface area contributed by atoms with Crippen LogP contribution in [0, 0.1) is 0 Å². The topological polar surface area (TPSA) is 118 Å². The highest BCUT2D eigenvalue weighted by Crippen LogP contribution is 1.98. The minimum absolute atomic E-state index is 0.0413. The maximum absolute atomic E-state index is 11.5. The van der Waals surface area contributed by atoms with Gasteiger partial charge in [-0.3, -0.25) is 9.59 Å². The van der Waals surface area contributed by atoms with Crippen molar-refractivity contribution in [2.45, 2.75) is 12.5 Å². The Morgan fingerprint density at radius 2 is 2.15 bits per heavy atom. The lowest BCUT2D eigenvalue weighted by Gasteiger charge is -2.11. The maximum atomic E-state index is 11.5. The van der Waals surface area contributed by atoms with Gasteiger partial charge in [0.2, 0.25) is 5.91 Å². The van der Waals surface area contributed by atoms with Gasteiger partial charge in [0.25, 0.3) is 5.91 Å². The van der Waals surface area contributed by atoms with Crippen molar-refractivity contribution in [3.05, 3.63) is 24.2 Å². The summed E-state index contributed by atoms with van der Waals surface area (Å²) in [7, 11) is 1.25. The second-order valence-electron chi connectivity index (χ2n) is 3.88. The summed E-state index contributed by atoms with van der Waals surface area (Å²) < 4.78 is 9.41. The van der Waals surface area contributed by atoms with E-state index in [4.69, 9.17) is 9.52 Å². The molecule has 0 spiro atoms. The number of carboxylic acids is 1. The molecule has 0 aliphatic heterocycles. The molecule has 0 radical (unpaired) electrons. The molecule has 0 bridgehead atoms. The van der Waals surface area contributed by atoms with Crippen LogP contribution in [-0.2, 0) is 14.3 Å². The number of carbonyl (C=O) groups is 3. The third kappa shape index (κ3) is 5.11. The Morgan fingerprint density at radius 3 is 2.70 bits per heavy atom. The van der Waals surface area contributed by atoms with E-state index in [0.29, 0.717) is 5.56 Å². The van der Waals surface area contributed by atoms with E-state index in [1.165, 1.54) is 25.7 Å². The van der Waals surface area contributed by atoms with Gasteiger partial charge in [0.15, 0.2) is 6.10 Å². The predicted octanol–water partition coefficient (Wildman–Crippen LogP) is -0.385. The Hall–Kier alpha value is -2.35. The van der Waals surface area contributed by atoms with Crippen LogP contribution in [0.15, 0.2) is 23.0 Å². The van der Waals surface area contributed by atoms with E-state index in [1.54, 1.807) is 0 Å². The summed E-state index contributed by atoms with van der Waals surface area (Å²) >= 11 is 0. The average molecular weight is 284 g/mol. The Kier molecular flexibility index (Phi) is 6.24. The molecule has 1 aromatic heterocycles. The number of carbonyl (C=O) groups excluding carboxylic acids is 2. The van der Waals surface area contributed by atoms with Crippen molar-refractivity contribution < 1.29 is 28.6 Å². The summed E-state index contributed by atoms with van der Waals surface area (Å²) in [6.07, 6.45) is 1.63. The zero-order valence-electron chi connectivity index (χ0n) is 10.9. The average Bonchev–Trinajstić information content (AvgIpc) is 2.92. The van der Waals surface area contributed by atoms with E-state index in [-0.39, 0.29) is 31.3 Å². The standard InChI is InChI=1S/C12H16N2O6/c1-19-9(12(17)18)6-14-10(15)2-4-13-11(16)8-3-5-20-7-8/h3,5,7,9H,2,4,6H2,1H3,(H,13,16)(H,14,15)(H,17,18). The first-order valence-electron chi connectivity index (χ1n) is 5.87. The van der Waals surface area contributed by atoms with Crippen molar-refractivity contribution in [2.24, 2.45) is 0 Å². The van der Waals surface area contributed by atoms with Crippen LogP contribution < -0.4 is 10.6 Å². The number of nitrogens with one attached hydrogen (secondary N) is 2. The minimum Gasteiger partial charge on any atom is -0.479 e. The normalized spacial score (nSPS) is 11.7. The fourth-order valence-electron chi connectivity index (χ4n) is 1.35. The van der Waals surface area contributed by atoms with Gasteiger partial charge in [-0.05, 0) is 6.07 Å². The zero-order valence-corrected chi connectivity index (χ0v) is 10.9. The summed E-state index contributed by atoms with van der Waals surface area (Å²) in [6.45, 7) is 0.0148. The second-order valence-corrected chi connectivity index (χ2v) is 3.88. The third-order valence-electron chi connectivity index (χ3n) is 2.47. The number of hydrogen-bond acceptors (Lipinski definition) is 5. The molecule has 2 amide bonds. The second kappa shape index (κ2) is 7.95. The number of hydrogen-bond donors (Lipinski definition) is 3. The predicted molar refractivity (Wildman–Crippen MR) is 67.1 cm³/mol. The van der Waals surface area contributed by atoms with Crippen molar-refractivity contribution in [2.75, 3.05) is 20.2 Å². The molecular formula is C12H16N2O6. The summed E-state index contributed by atoms with van der Waals surface area (Å²) in [6, 6.07) is 1.51. The first kappa shape index (κ1) is 15.7. The van der Waals surface area contributed by atoms with Crippen LogP contribution >= 0.6 is 0 Å². The number of methoxy groups -OCH3 is 1. The Bertz CT molecular complexity index is 457. The van der Waals surface area contributed by atoms with Gasteiger partial charge in [-0.15, -0.1) is 0 Å². The smallest absolute Gasteiger partial charge is 0.334 e. The van der Waals surface area contributed by atoms with Crippen molar-refractivity contribution in [3.8, 4) is 0 Å². The highest BCUT2D eigenvalue weighted by atomic mass is 16.5. The van der Waals surface area contributed by atoms with Crippen LogP contribution in [0.2, 0.25) is 0 Å². The van der Waals surface area contributed by atoms with Crippen molar-refractivity contribution in [1.82, 2.24) is 10.6 Å². The lowest BCUT2D eigenvalue weighted by molar-refractivity contribution is -0.148. The molecule has 0 aliphatic rings. The van der Waals surface area contributed by atoms with Gasteiger partial charge in [-0.25, -0.2) is 4.79 Å². The van der Waals surface area contributed by atoms with Crippen molar-refractivity contribution in [3.63, 3.8) is 0 Å². The molecular weight excluding hydrogens is 268 g/mol. The van der Waals surface area contributed by atoms with Gasteiger partial charge in [0.1, 0.15) is 6.26 Å². The number of furan rings is 1. The number of rotatable bonds is 8. The van der Waals surface area contributed by atoms with Gasteiger partial charge in [-0.2, -0.15) is 0 Å². The Labute approximate surface area is 115 Å². The molecule has 8 heteroatoms. The molecule has 8 nitrogen and oxygen atoms in total. The van der Waals surface area contributed by atoms with Gasteiger partial charge in [0.05, 0.1) is 18.4 Å². The fraction of sp³-hybridized carbons (Fsp3) is 0.417. The molecule has 0 aromatic carbocycles. The summed E-state index contributed by atoms with van der Waals surface area (Å²) in [4.78, 5) is 33.5. The van der Waals surface area contributed by atoms with E-state index in [1.807, 2.05) is 0 Å². The van der Waals surface area contributed by atoms with Crippen LogP contribution in [0.1, 0.15) is 16.8 Å². The van der Waals surface area contributed by atoms with Gasteiger partial charge < -0.3 is 24.9 Å². The van der Waals surface area contributed by atoms with Gasteiger partial charge >= 0.3 is 5.97 Å². The van der Waals surface area contributed by atoms with Crippen LogP contribution in [0.4, 0.5) is 0 Å². The molecule has 3 N–H and O–H groups in total. The largest absolute Gasteiger partial charge is 0.479 e. The molecule has 0 saturated heterocycles. The van der Waals surface area contributed by atoms with E-state index < -0.39 is 12.1 Å². The van der Waals surface area contributed by atoms with E-state index in [2.05, 4.69) is 15.4 Å².